The molecule has 5 N–H and O–H groups in total. The molecule has 0 aliphatic carbocycles. The zero-order chi connectivity index (χ0) is 21.1. The van der Waals surface area contributed by atoms with Crippen molar-refractivity contribution in [3.63, 3.8) is 0 Å². The van der Waals surface area contributed by atoms with Gasteiger partial charge in [-0.1, -0.05) is 42.5 Å². The number of para-hydroxylation sites is 1. The molecule has 3 rings (SSSR count). The Bertz CT molecular complexity index is 852. The van der Waals surface area contributed by atoms with Gasteiger partial charge in [0.05, 0.1) is 12.5 Å². The van der Waals surface area contributed by atoms with Crippen molar-refractivity contribution < 1.29 is 39.8 Å². The van der Waals surface area contributed by atoms with Gasteiger partial charge < -0.3 is 35.0 Å². The molecule has 0 radical (unpaired) electrons. The third-order valence-corrected chi connectivity index (χ3v) is 5.05. The average Bonchev–Trinajstić information content (AvgIpc) is 2.74. The van der Waals surface area contributed by atoms with Crippen molar-refractivity contribution in [1.82, 2.24) is 0 Å². The van der Waals surface area contributed by atoms with Crippen molar-refractivity contribution >= 4 is 5.97 Å². The highest BCUT2D eigenvalue weighted by molar-refractivity contribution is 5.77. The number of benzene rings is 2. The fourth-order valence-corrected chi connectivity index (χ4v) is 3.22. The van der Waals surface area contributed by atoms with Gasteiger partial charge in [0.15, 0.2) is 0 Å². The molecule has 0 aromatic heterocycles. The Morgan fingerprint density at radius 1 is 1.07 bits per heavy atom. The van der Waals surface area contributed by atoms with Gasteiger partial charge >= 0.3 is 5.97 Å². The van der Waals surface area contributed by atoms with E-state index in [2.05, 4.69) is 0 Å². The highest BCUT2D eigenvalue weighted by Crippen LogP contribution is 2.34. The first-order valence-corrected chi connectivity index (χ1v) is 9.22. The monoisotopic (exact) mass is 404 g/mol. The van der Waals surface area contributed by atoms with Crippen LogP contribution < -0.4 is 4.74 Å². The maximum Gasteiger partial charge on any atom is 0.310 e. The lowest BCUT2D eigenvalue weighted by molar-refractivity contribution is -0.277. The van der Waals surface area contributed by atoms with Gasteiger partial charge in [0, 0.05) is 5.56 Å². The molecule has 156 valence electrons. The molecule has 1 aliphatic rings. The number of rotatable bonds is 6. The summed E-state index contributed by atoms with van der Waals surface area (Å²) in [6.07, 6.45) is -6.94. The zero-order valence-electron chi connectivity index (χ0n) is 15.8. The molecule has 1 fully saturated rings. The number of ether oxygens (including phenoxy) is 2. The Labute approximate surface area is 167 Å². The zero-order valence-corrected chi connectivity index (χ0v) is 15.8. The van der Waals surface area contributed by atoms with Gasteiger partial charge in [0.25, 0.3) is 0 Å². The maximum atomic E-state index is 11.3. The summed E-state index contributed by atoms with van der Waals surface area (Å²) in [5.41, 5.74) is 1.96. The average molecular weight is 404 g/mol. The van der Waals surface area contributed by atoms with E-state index in [9.17, 15) is 30.3 Å². The second kappa shape index (κ2) is 8.89. The Morgan fingerprint density at radius 2 is 1.79 bits per heavy atom. The van der Waals surface area contributed by atoms with Crippen LogP contribution in [0.25, 0.3) is 11.1 Å². The fourth-order valence-electron chi connectivity index (χ4n) is 3.22. The molecule has 1 saturated heterocycles. The van der Waals surface area contributed by atoms with E-state index < -0.39 is 49.2 Å². The summed E-state index contributed by atoms with van der Waals surface area (Å²) in [7, 11) is 0. The van der Waals surface area contributed by atoms with Gasteiger partial charge in [-0.2, -0.15) is 0 Å². The smallest absolute Gasteiger partial charge is 0.310 e. The van der Waals surface area contributed by atoms with E-state index in [0.29, 0.717) is 22.4 Å². The molecule has 8 nitrogen and oxygen atoms in total. The lowest BCUT2D eigenvalue weighted by atomic mass is 9.96. The third-order valence-electron chi connectivity index (χ3n) is 5.05. The van der Waals surface area contributed by atoms with Crippen LogP contribution in [-0.4, -0.2) is 68.8 Å². The predicted molar refractivity (Wildman–Crippen MR) is 102 cm³/mol. The van der Waals surface area contributed by atoms with E-state index in [4.69, 9.17) is 9.47 Å². The molecular formula is C21H24O8. The normalized spacial score (nSPS) is 28.0. The molecule has 2 aromatic rings. The lowest BCUT2D eigenvalue weighted by Gasteiger charge is -2.39. The molecule has 0 amide bonds. The maximum absolute atomic E-state index is 11.3. The van der Waals surface area contributed by atoms with Gasteiger partial charge in [-0.3, -0.25) is 4.79 Å². The van der Waals surface area contributed by atoms with E-state index in [0.717, 1.165) is 0 Å². The van der Waals surface area contributed by atoms with Crippen molar-refractivity contribution in [1.29, 1.82) is 0 Å². The number of carboxylic acids is 1. The molecule has 1 unspecified atom stereocenters. The molecule has 29 heavy (non-hydrogen) atoms. The number of aliphatic hydroxyl groups excluding tert-OH is 4. The first-order chi connectivity index (χ1) is 13.8. The summed E-state index contributed by atoms with van der Waals surface area (Å²) < 4.78 is 11.2. The van der Waals surface area contributed by atoms with Crippen LogP contribution in [0.2, 0.25) is 0 Å². The largest absolute Gasteiger partial charge is 0.481 e. The molecule has 1 heterocycles. The Morgan fingerprint density at radius 3 is 2.48 bits per heavy atom. The minimum atomic E-state index is -1.54. The van der Waals surface area contributed by atoms with Crippen molar-refractivity contribution in [2.45, 2.75) is 43.5 Å². The summed E-state index contributed by atoms with van der Waals surface area (Å²) in [5.74, 6) is -1.29. The summed E-state index contributed by atoms with van der Waals surface area (Å²) in [6, 6.07) is 13.9. The minimum absolute atomic E-state index is 0.331. The molecule has 8 heteroatoms. The summed E-state index contributed by atoms with van der Waals surface area (Å²) in [5, 5.41) is 48.7. The molecule has 1 aliphatic heterocycles. The SMILES string of the molecule is CC(C(=O)O)c1cccc(-c2ccccc2O[C@H]2O[C@H](CO)[C@@H](O)[C@@H](O)[C@@H]2O)c1. The van der Waals surface area contributed by atoms with E-state index >= 15 is 0 Å². The van der Waals surface area contributed by atoms with Crippen LogP contribution in [0.5, 0.6) is 5.75 Å². The molecule has 2 aromatic carbocycles. The van der Waals surface area contributed by atoms with E-state index in [1.54, 1.807) is 55.5 Å². The number of carbonyl (C=O) groups is 1. The van der Waals surface area contributed by atoms with Crippen molar-refractivity contribution in [3.8, 4) is 16.9 Å². The Kier molecular flexibility index (Phi) is 6.51. The number of aliphatic hydroxyl groups is 4. The van der Waals surface area contributed by atoms with Crippen LogP contribution in [0, 0.1) is 0 Å². The summed E-state index contributed by atoms with van der Waals surface area (Å²) in [6.45, 7) is 1.04. The number of hydrogen-bond acceptors (Lipinski definition) is 7. The van der Waals surface area contributed by atoms with E-state index in [-0.39, 0.29) is 0 Å². The van der Waals surface area contributed by atoms with Crippen LogP contribution >= 0.6 is 0 Å². The predicted octanol–water partition coefficient (Wildman–Crippen LogP) is 0.720. The standard InChI is InChI=1S/C21H24O8/c1-11(20(26)27)12-5-4-6-13(9-12)14-7-2-3-8-15(14)28-21-19(25)18(24)17(23)16(10-22)29-21/h2-9,11,16-19,21-25H,10H2,1H3,(H,26,27)/t11?,16-,17-,18-,19+,21+/m1/s1. The topological polar surface area (TPSA) is 137 Å². The van der Waals surface area contributed by atoms with E-state index in [1.165, 1.54) is 0 Å². The highest BCUT2D eigenvalue weighted by atomic mass is 16.7. The van der Waals surface area contributed by atoms with Crippen molar-refractivity contribution in [3.05, 3.63) is 54.1 Å². The summed E-state index contributed by atoms with van der Waals surface area (Å²) >= 11 is 0. The molecular weight excluding hydrogens is 380 g/mol. The van der Waals surface area contributed by atoms with Crippen LogP contribution in [-0.2, 0) is 9.53 Å². The lowest BCUT2D eigenvalue weighted by Crippen LogP contribution is -2.60. The first kappa shape index (κ1) is 21.2. The number of carboxylic acid groups (broad SMARTS) is 1. The Balaban J connectivity index is 1.90. The second-order valence-electron chi connectivity index (χ2n) is 7.00. The first-order valence-electron chi connectivity index (χ1n) is 9.22. The Hall–Kier alpha value is -2.49. The summed E-state index contributed by atoms with van der Waals surface area (Å²) in [4.78, 5) is 11.3. The van der Waals surface area contributed by atoms with Crippen LogP contribution in [0.3, 0.4) is 0 Å². The van der Waals surface area contributed by atoms with Crippen molar-refractivity contribution in [2.24, 2.45) is 0 Å². The van der Waals surface area contributed by atoms with Gasteiger partial charge in [-0.25, -0.2) is 0 Å². The number of aliphatic carboxylic acids is 1. The number of hydrogen-bond donors (Lipinski definition) is 5. The quantitative estimate of drug-likeness (QED) is 0.475. The molecule has 6 atom stereocenters. The highest BCUT2D eigenvalue weighted by Gasteiger charge is 2.44. The van der Waals surface area contributed by atoms with Gasteiger partial charge in [0.2, 0.25) is 6.29 Å². The van der Waals surface area contributed by atoms with Gasteiger partial charge in [0.1, 0.15) is 30.2 Å². The second-order valence-corrected chi connectivity index (χ2v) is 7.00. The molecule has 0 bridgehead atoms. The van der Waals surface area contributed by atoms with Gasteiger partial charge in [-0.05, 0) is 24.1 Å². The van der Waals surface area contributed by atoms with Crippen LogP contribution in [0.1, 0.15) is 18.4 Å². The minimum Gasteiger partial charge on any atom is -0.481 e. The third kappa shape index (κ3) is 4.42. The fraction of sp³-hybridized carbons (Fsp3) is 0.381. The van der Waals surface area contributed by atoms with E-state index in [1.807, 2.05) is 0 Å². The molecule has 0 saturated carbocycles. The van der Waals surface area contributed by atoms with Gasteiger partial charge in [-0.15, -0.1) is 0 Å². The molecule has 0 spiro atoms. The van der Waals surface area contributed by atoms with Crippen LogP contribution in [0.15, 0.2) is 48.5 Å². The van der Waals surface area contributed by atoms with Crippen molar-refractivity contribution in [2.75, 3.05) is 6.61 Å². The van der Waals surface area contributed by atoms with Crippen LogP contribution in [0.4, 0.5) is 0 Å².